The first-order valence-corrected chi connectivity index (χ1v) is 30.1. The standard InChI is InChI=1S/C84H59N5O2/c1-51-20-18-21-52(2)81(51)54-43-69(53-36-39-79-70(42-53)68-31-13-17-35-78(68)91-79)82-71(44-54)62-26-8-6-24-60(62)61-25-7-9-27-63(61)72-47-57(88-73-32-14-10-28-64(73)65-29-11-15-33-74(65)88)48-77-83(72)87(82)50-86(77)56-22-19-23-58(46-56)90-59-37-38-67-66-30-12-16-34-75(66)89(76(67)49-59)80-45-55(40-41-85-80)84(3,4)5/h6-49H,1-5H3/i1D3,2D3,6D,7D,8D,9D,24D,25D,26D,27D. The van der Waals surface area contributed by atoms with Gasteiger partial charge < -0.3 is 13.7 Å². The highest BCUT2D eigenvalue weighted by Gasteiger charge is 2.30. The average molecular weight is 1180 g/mol. The van der Waals surface area contributed by atoms with E-state index in [1.807, 2.05) is 168 Å². The van der Waals surface area contributed by atoms with Gasteiger partial charge in [-0.3, -0.25) is 13.7 Å². The van der Waals surface area contributed by atoms with Crippen LogP contribution in [0.3, 0.4) is 0 Å². The van der Waals surface area contributed by atoms with Crippen molar-refractivity contribution in [3.05, 3.63) is 290 Å². The third kappa shape index (κ3) is 8.20. The molecule has 1 aliphatic heterocycles. The van der Waals surface area contributed by atoms with Crippen molar-refractivity contribution in [2.24, 2.45) is 0 Å². The van der Waals surface area contributed by atoms with Gasteiger partial charge in [0.25, 0.3) is 6.33 Å². The topological polar surface area (TPSA) is 53.9 Å². The van der Waals surface area contributed by atoms with Crippen molar-refractivity contribution in [1.82, 2.24) is 18.7 Å². The van der Waals surface area contributed by atoms with Crippen molar-refractivity contribution >= 4 is 76.6 Å². The maximum absolute atomic E-state index is 10.3. The zero-order valence-corrected chi connectivity index (χ0v) is 49.3. The van der Waals surface area contributed by atoms with E-state index in [4.69, 9.17) is 22.4 Å². The summed E-state index contributed by atoms with van der Waals surface area (Å²) in [6, 6.07) is 60.8. The van der Waals surface area contributed by atoms with Crippen LogP contribution >= 0.6 is 0 Å². The van der Waals surface area contributed by atoms with Gasteiger partial charge in [-0.2, -0.15) is 0 Å². The molecule has 12 aromatic carbocycles. The number of nitrogens with zero attached hydrogens (tertiary/aromatic N) is 5. The molecule has 1 aliphatic rings. The summed E-state index contributed by atoms with van der Waals surface area (Å²) in [7, 11) is 0. The molecule has 17 aromatic rings. The van der Waals surface area contributed by atoms with Gasteiger partial charge in [0.2, 0.25) is 0 Å². The summed E-state index contributed by atoms with van der Waals surface area (Å²) in [6.07, 6.45) is 5.62. The van der Waals surface area contributed by atoms with E-state index in [1.165, 1.54) is 18.2 Å². The third-order valence-corrected chi connectivity index (χ3v) is 17.9. The van der Waals surface area contributed by atoms with Crippen LogP contribution in [0.5, 0.6) is 11.5 Å². The molecule has 0 saturated carbocycles. The molecule has 5 aromatic heterocycles. The van der Waals surface area contributed by atoms with Crippen LogP contribution in [-0.4, -0.2) is 18.7 Å². The molecule has 0 radical (unpaired) electrons. The maximum atomic E-state index is 10.3. The molecule has 7 heteroatoms. The van der Waals surface area contributed by atoms with Gasteiger partial charge in [0, 0.05) is 58.5 Å². The number of furan rings is 1. The molecular formula is C84H59N5O2. The van der Waals surface area contributed by atoms with Crippen LogP contribution in [0.25, 0.3) is 155 Å². The van der Waals surface area contributed by atoms with E-state index in [0.717, 1.165) is 60.4 Å². The maximum Gasteiger partial charge on any atom is 0.269 e. The Morgan fingerprint density at radius 3 is 1.77 bits per heavy atom. The van der Waals surface area contributed by atoms with Crippen molar-refractivity contribution in [2.45, 2.75) is 39.9 Å². The SMILES string of the molecule is [2H]c1c([2H])c([2H])c2c(c1[2H])-c1cc(-c3c(C([2H])([2H])[2H])cccc3C([2H])([2H])[2H])cc(-c3ccc4oc5ccccc5c4c3)c1-[n+]1[c-]n(-c3cccc(Oc4ccc5c6ccccc6n(-c6cc(C(C)(C)C)ccn6)c5c4)c3)c3cc(-n4c5ccccc5c5ccccc54)cc(c31)-c1c([2H])c([2H])c([2H])c([2H])c1-2. The zero-order chi connectivity index (χ0) is 72.8. The molecule has 7 nitrogen and oxygen atoms in total. The van der Waals surface area contributed by atoms with Crippen molar-refractivity contribution < 1.29 is 32.9 Å². The molecule has 0 aliphatic carbocycles. The number of aromatic nitrogens is 5. The van der Waals surface area contributed by atoms with E-state index in [-0.39, 0.29) is 66.7 Å². The molecule has 0 unspecified atom stereocenters. The Morgan fingerprint density at radius 2 is 1.07 bits per heavy atom. The molecule has 0 amide bonds. The number of hydrogen-bond acceptors (Lipinski definition) is 3. The molecule has 6 heterocycles. The zero-order valence-electron chi connectivity index (χ0n) is 63.3. The van der Waals surface area contributed by atoms with Gasteiger partial charge in [0.05, 0.1) is 55.4 Å². The average Bonchev–Trinajstić information content (AvgIpc) is 1.63. The number of fused-ring (bicyclic) bond motifs is 16. The molecule has 0 fully saturated rings. The van der Waals surface area contributed by atoms with Crippen molar-refractivity contribution in [1.29, 1.82) is 0 Å². The molecule has 0 atom stereocenters. The fourth-order valence-corrected chi connectivity index (χ4v) is 13.8. The van der Waals surface area contributed by atoms with E-state index in [9.17, 15) is 11.0 Å². The van der Waals surface area contributed by atoms with E-state index < -0.39 is 62.0 Å². The third-order valence-electron chi connectivity index (χ3n) is 17.9. The first kappa shape index (κ1) is 40.1. The largest absolute Gasteiger partial charge is 0.458 e. The van der Waals surface area contributed by atoms with Gasteiger partial charge >= 0.3 is 0 Å². The van der Waals surface area contributed by atoms with Gasteiger partial charge in [-0.05, 0) is 195 Å². The first-order valence-electron chi connectivity index (χ1n) is 37.1. The summed E-state index contributed by atoms with van der Waals surface area (Å²) < 4.78 is 155. The number of imidazole rings is 1. The minimum absolute atomic E-state index is 0.00157. The van der Waals surface area contributed by atoms with Crippen LogP contribution in [-0.2, 0) is 5.41 Å². The normalized spacial score (nSPS) is 14.7. The lowest BCUT2D eigenvalue weighted by Gasteiger charge is -2.22. The molecule has 0 bridgehead atoms. The summed E-state index contributed by atoms with van der Waals surface area (Å²) in [5.41, 5.74) is 6.75. The van der Waals surface area contributed by atoms with E-state index >= 15 is 0 Å². The van der Waals surface area contributed by atoms with Crippen LogP contribution in [0.4, 0.5) is 0 Å². The molecular weight excluding hydrogens is 1110 g/mol. The van der Waals surface area contributed by atoms with Gasteiger partial charge in [-0.15, -0.1) is 0 Å². The highest BCUT2D eigenvalue weighted by atomic mass is 16.5. The Labute approximate surface area is 545 Å². The monoisotopic (exact) mass is 1180 g/mol. The molecule has 91 heavy (non-hydrogen) atoms. The van der Waals surface area contributed by atoms with E-state index in [0.29, 0.717) is 61.6 Å². The Balaban J connectivity index is 1.00. The number of para-hydroxylation sites is 4. The van der Waals surface area contributed by atoms with Crippen LogP contribution in [0.1, 0.15) is 56.7 Å². The molecule has 18 rings (SSSR count). The summed E-state index contributed by atoms with van der Waals surface area (Å²) in [6.45, 7) is 0.672. The minimum Gasteiger partial charge on any atom is -0.458 e. The van der Waals surface area contributed by atoms with Crippen molar-refractivity contribution in [2.75, 3.05) is 0 Å². The Bertz CT molecular complexity index is 6560. The Kier molecular flexibility index (Phi) is 8.81. The summed E-state index contributed by atoms with van der Waals surface area (Å²) in [5, 5.41) is 5.30. The number of ether oxygens (including phenoxy) is 1. The van der Waals surface area contributed by atoms with Gasteiger partial charge in [-0.25, -0.2) is 4.98 Å². The summed E-state index contributed by atoms with van der Waals surface area (Å²) in [4.78, 5) is 4.92. The molecule has 432 valence electrons. The predicted molar refractivity (Wildman–Crippen MR) is 373 cm³/mol. The van der Waals surface area contributed by atoms with Crippen LogP contribution in [0.15, 0.2) is 271 Å². The van der Waals surface area contributed by atoms with Crippen LogP contribution < -0.4 is 9.30 Å². The fraction of sp³-hybridized carbons (Fsp3) is 0.0714. The second-order valence-corrected chi connectivity index (χ2v) is 24.2. The fourth-order valence-electron chi connectivity index (χ4n) is 13.8. The Morgan fingerprint density at radius 1 is 0.462 bits per heavy atom. The van der Waals surface area contributed by atoms with Gasteiger partial charge in [0.1, 0.15) is 28.5 Å². The quantitative estimate of drug-likeness (QED) is 0.118. The summed E-state index contributed by atoms with van der Waals surface area (Å²) in [5.74, 6) is 1.67. The molecule has 0 N–H and O–H groups in total. The first-order chi connectivity index (χ1) is 50.3. The van der Waals surface area contributed by atoms with E-state index in [1.54, 1.807) is 22.8 Å². The predicted octanol–water partition coefficient (Wildman–Crippen LogP) is 21.6. The summed E-state index contributed by atoms with van der Waals surface area (Å²) >= 11 is 0. The number of benzene rings is 12. The number of aryl methyl sites for hydroxylation is 2. The number of pyridine rings is 1. The minimum atomic E-state index is -2.92. The second-order valence-electron chi connectivity index (χ2n) is 24.2. The van der Waals surface area contributed by atoms with Crippen LogP contribution in [0, 0.1) is 20.0 Å². The lowest BCUT2D eigenvalue weighted by molar-refractivity contribution is -0.570. The molecule has 0 spiro atoms. The van der Waals surface area contributed by atoms with Gasteiger partial charge in [-0.1, -0.05) is 172 Å². The Hall–Kier alpha value is -11.5. The smallest absolute Gasteiger partial charge is 0.269 e. The highest BCUT2D eigenvalue weighted by Crippen LogP contribution is 2.49. The van der Waals surface area contributed by atoms with Gasteiger partial charge in [0.15, 0.2) is 0 Å². The van der Waals surface area contributed by atoms with Crippen LogP contribution in [0.2, 0.25) is 0 Å². The second kappa shape index (κ2) is 20.0. The lowest BCUT2D eigenvalue weighted by Crippen LogP contribution is -2.32. The number of rotatable bonds is 7. The number of hydrogen-bond donors (Lipinski definition) is 0. The molecule has 0 saturated heterocycles. The van der Waals surface area contributed by atoms with Crippen molar-refractivity contribution in [3.8, 4) is 90.0 Å². The van der Waals surface area contributed by atoms with E-state index in [2.05, 4.69) is 54.4 Å². The van der Waals surface area contributed by atoms with Crippen molar-refractivity contribution in [3.63, 3.8) is 0 Å². The lowest BCUT2D eigenvalue weighted by atomic mass is 9.85. The highest BCUT2D eigenvalue weighted by molar-refractivity contribution is 6.12.